The number of hydrogen-bond acceptors (Lipinski definition) is 3. The lowest BCUT2D eigenvalue weighted by Gasteiger charge is -2.09. The third-order valence-electron chi connectivity index (χ3n) is 2.57. The first-order chi connectivity index (χ1) is 7.63. The summed E-state index contributed by atoms with van der Waals surface area (Å²) in [6.07, 6.45) is 1.68. The van der Waals surface area contributed by atoms with Crippen LogP contribution in [0, 0.1) is 5.82 Å². The van der Waals surface area contributed by atoms with Crippen molar-refractivity contribution in [3.8, 4) is 5.75 Å². The van der Waals surface area contributed by atoms with Crippen molar-refractivity contribution in [2.75, 3.05) is 7.11 Å². The highest BCUT2D eigenvalue weighted by Gasteiger charge is 2.11. The molecule has 0 bridgehead atoms. The molecule has 84 valence electrons. The van der Waals surface area contributed by atoms with Gasteiger partial charge in [0, 0.05) is 11.5 Å². The Kier molecular flexibility index (Phi) is 2.73. The summed E-state index contributed by atoms with van der Waals surface area (Å²) in [5, 5.41) is 8.68. The molecule has 0 aliphatic heterocycles. The molecule has 2 rings (SSSR count). The minimum absolute atomic E-state index is 0.197. The predicted molar refractivity (Wildman–Crippen MR) is 60.1 cm³/mol. The fourth-order valence-corrected chi connectivity index (χ4v) is 1.70. The van der Waals surface area contributed by atoms with Crippen LogP contribution in [0.5, 0.6) is 5.75 Å². The van der Waals surface area contributed by atoms with Gasteiger partial charge in [0.05, 0.1) is 18.8 Å². The maximum Gasteiger partial charge on any atom is 0.165 e. The smallest absolute Gasteiger partial charge is 0.165 e. The van der Waals surface area contributed by atoms with Crippen LogP contribution in [0.1, 0.15) is 25.3 Å². The van der Waals surface area contributed by atoms with E-state index in [9.17, 15) is 4.39 Å². The Hall–Kier alpha value is -1.71. The standard InChI is InChI=1S/C12H13FN2O/c1-7(2)9-6-14-15-11-5-12(16-3)10(13)4-8(9)11/h4-7H,1-3H3. The first-order valence-electron chi connectivity index (χ1n) is 5.12. The number of aromatic nitrogens is 2. The Labute approximate surface area is 93.3 Å². The van der Waals surface area contributed by atoms with Crippen LogP contribution in [0.15, 0.2) is 18.3 Å². The van der Waals surface area contributed by atoms with Gasteiger partial charge in [-0.3, -0.25) is 0 Å². The van der Waals surface area contributed by atoms with Crippen LogP contribution in [-0.4, -0.2) is 17.3 Å². The molecule has 0 amide bonds. The van der Waals surface area contributed by atoms with Crippen molar-refractivity contribution in [3.63, 3.8) is 0 Å². The van der Waals surface area contributed by atoms with Crippen molar-refractivity contribution in [1.29, 1.82) is 0 Å². The zero-order valence-electron chi connectivity index (χ0n) is 9.49. The molecule has 0 aliphatic rings. The molecule has 0 unspecified atom stereocenters. The lowest BCUT2D eigenvalue weighted by atomic mass is 10.0. The molecule has 1 aromatic carbocycles. The number of nitrogens with zero attached hydrogens (tertiary/aromatic N) is 2. The molecule has 16 heavy (non-hydrogen) atoms. The average Bonchev–Trinajstić information content (AvgIpc) is 2.27. The highest BCUT2D eigenvalue weighted by molar-refractivity contribution is 5.83. The average molecular weight is 220 g/mol. The van der Waals surface area contributed by atoms with E-state index in [2.05, 4.69) is 10.2 Å². The summed E-state index contributed by atoms with van der Waals surface area (Å²) in [5.41, 5.74) is 1.65. The quantitative estimate of drug-likeness (QED) is 0.780. The van der Waals surface area contributed by atoms with Crippen LogP contribution in [0.3, 0.4) is 0 Å². The fourth-order valence-electron chi connectivity index (χ4n) is 1.70. The van der Waals surface area contributed by atoms with Crippen molar-refractivity contribution in [3.05, 3.63) is 29.7 Å². The molecule has 4 heteroatoms. The van der Waals surface area contributed by atoms with E-state index in [0.717, 1.165) is 10.9 Å². The summed E-state index contributed by atoms with van der Waals surface area (Å²) in [6, 6.07) is 3.03. The van der Waals surface area contributed by atoms with Crippen molar-refractivity contribution < 1.29 is 9.13 Å². The molecule has 0 spiro atoms. The second-order valence-corrected chi connectivity index (χ2v) is 3.96. The Morgan fingerprint density at radius 2 is 2.06 bits per heavy atom. The molecule has 3 nitrogen and oxygen atoms in total. The van der Waals surface area contributed by atoms with Gasteiger partial charge in [0.15, 0.2) is 11.6 Å². The molecule has 0 atom stereocenters. The fraction of sp³-hybridized carbons (Fsp3) is 0.333. The minimum atomic E-state index is -0.370. The zero-order valence-corrected chi connectivity index (χ0v) is 9.49. The number of benzene rings is 1. The van der Waals surface area contributed by atoms with E-state index >= 15 is 0 Å². The molecule has 0 N–H and O–H groups in total. The van der Waals surface area contributed by atoms with Crippen molar-refractivity contribution >= 4 is 10.9 Å². The number of rotatable bonds is 2. The first kappa shape index (κ1) is 10.8. The summed E-state index contributed by atoms with van der Waals surface area (Å²) >= 11 is 0. The maximum atomic E-state index is 13.6. The van der Waals surface area contributed by atoms with Crippen molar-refractivity contribution in [2.24, 2.45) is 0 Å². The molecule has 1 heterocycles. The second kappa shape index (κ2) is 4.04. The lowest BCUT2D eigenvalue weighted by molar-refractivity contribution is 0.387. The molecule has 2 aromatic rings. The zero-order chi connectivity index (χ0) is 11.7. The number of halogens is 1. The maximum absolute atomic E-state index is 13.6. The van der Waals surface area contributed by atoms with E-state index in [0.29, 0.717) is 5.52 Å². The Morgan fingerprint density at radius 1 is 1.31 bits per heavy atom. The molecular formula is C12H13FN2O. The predicted octanol–water partition coefficient (Wildman–Crippen LogP) is 2.90. The van der Waals surface area contributed by atoms with Gasteiger partial charge in [-0.2, -0.15) is 10.2 Å². The second-order valence-electron chi connectivity index (χ2n) is 3.96. The largest absolute Gasteiger partial charge is 0.494 e. The molecule has 0 fully saturated rings. The number of hydrogen-bond donors (Lipinski definition) is 0. The lowest BCUT2D eigenvalue weighted by Crippen LogP contribution is -1.96. The van der Waals surface area contributed by atoms with Crippen LogP contribution in [0.25, 0.3) is 10.9 Å². The monoisotopic (exact) mass is 220 g/mol. The summed E-state index contributed by atoms with van der Waals surface area (Å²) in [5.74, 6) is 0.110. The molecule has 0 saturated heterocycles. The Morgan fingerprint density at radius 3 is 2.69 bits per heavy atom. The van der Waals surface area contributed by atoms with E-state index < -0.39 is 0 Å². The summed E-state index contributed by atoms with van der Waals surface area (Å²) in [7, 11) is 1.43. The van der Waals surface area contributed by atoms with Gasteiger partial charge in [0.2, 0.25) is 0 Å². The van der Waals surface area contributed by atoms with Gasteiger partial charge in [-0.1, -0.05) is 13.8 Å². The number of methoxy groups -OCH3 is 1. The van der Waals surface area contributed by atoms with E-state index in [-0.39, 0.29) is 17.5 Å². The Balaban J connectivity index is 2.74. The SMILES string of the molecule is COc1cc2nncc(C(C)C)c2cc1F. The van der Waals surface area contributed by atoms with E-state index in [1.165, 1.54) is 13.2 Å². The van der Waals surface area contributed by atoms with Gasteiger partial charge in [-0.15, -0.1) is 0 Å². The number of ether oxygens (including phenoxy) is 1. The summed E-state index contributed by atoms with van der Waals surface area (Å²) in [6.45, 7) is 4.08. The van der Waals surface area contributed by atoms with Crippen LogP contribution in [0.2, 0.25) is 0 Å². The van der Waals surface area contributed by atoms with Gasteiger partial charge in [0.25, 0.3) is 0 Å². The first-order valence-corrected chi connectivity index (χ1v) is 5.12. The van der Waals surface area contributed by atoms with Gasteiger partial charge in [0.1, 0.15) is 0 Å². The third-order valence-corrected chi connectivity index (χ3v) is 2.57. The highest BCUT2D eigenvalue weighted by atomic mass is 19.1. The van der Waals surface area contributed by atoms with Crippen molar-refractivity contribution in [1.82, 2.24) is 10.2 Å². The van der Waals surface area contributed by atoms with E-state index in [1.54, 1.807) is 12.3 Å². The van der Waals surface area contributed by atoms with Crippen LogP contribution in [0.4, 0.5) is 4.39 Å². The minimum Gasteiger partial charge on any atom is -0.494 e. The summed E-state index contributed by atoms with van der Waals surface area (Å²) in [4.78, 5) is 0. The van der Waals surface area contributed by atoms with Crippen molar-refractivity contribution in [2.45, 2.75) is 19.8 Å². The molecule has 1 aromatic heterocycles. The van der Waals surface area contributed by atoms with E-state index in [4.69, 9.17) is 4.74 Å². The normalized spacial score (nSPS) is 11.1. The van der Waals surface area contributed by atoms with Gasteiger partial charge >= 0.3 is 0 Å². The highest BCUT2D eigenvalue weighted by Crippen LogP contribution is 2.28. The molecule has 0 radical (unpaired) electrons. The molecule has 0 saturated carbocycles. The van der Waals surface area contributed by atoms with Gasteiger partial charge < -0.3 is 4.74 Å². The van der Waals surface area contributed by atoms with Crippen LogP contribution < -0.4 is 4.74 Å². The molecule has 0 aliphatic carbocycles. The topological polar surface area (TPSA) is 35.0 Å². The van der Waals surface area contributed by atoms with Crippen LogP contribution in [-0.2, 0) is 0 Å². The van der Waals surface area contributed by atoms with Gasteiger partial charge in [-0.25, -0.2) is 4.39 Å². The summed E-state index contributed by atoms with van der Waals surface area (Å²) < 4.78 is 18.5. The van der Waals surface area contributed by atoms with Gasteiger partial charge in [-0.05, 0) is 17.5 Å². The third kappa shape index (κ3) is 1.71. The molecular weight excluding hydrogens is 207 g/mol. The van der Waals surface area contributed by atoms with Crippen LogP contribution >= 0.6 is 0 Å². The van der Waals surface area contributed by atoms with E-state index in [1.807, 2.05) is 13.8 Å². The number of fused-ring (bicyclic) bond motifs is 1. The Bertz CT molecular complexity index is 526.